The maximum Gasteiger partial charge on any atom is 0.167 e. The first-order chi connectivity index (χ1) is 9.74. The largest absolute Gasteiger partial charge is 0.382 e. The van der Waals surface area contributed by atoms with Crippen LogP contribution in [0.3, 0.4) is 0 Å². The molecule has 2 aromatic rings. The van der Waals surface area contributed by atoms with E-state index in [2.05, 4.69) is 25.0 Å². The molecule has 0 unspecified atom stereocenters. The minimum atomic E-state index is -0.757. The Kier molecular flexibility index (Phi) is 3.09. The van der Waals surface area contributed by atoms with Crippen molar-refractivity contribution in [2.75, 3.05) is 12.4 Å². The molecule has 2 aromatic heterocycles. The molecule has 0 radical (unpaired) electrons. The van der Waals surface area contributed by atoms with Crippen LogP contribution in [-0.4, -0.2) is 38.3 Å². The number of anilines is 1. The molecule has 0 aliphatic carbocycles. The fraction of sp³-hybridized carbons (Fsp3) is 0.500. The first-order valence-corrected chi connectivity index (χ1v) is 5.93. The van der Waals surface area contributed by atoms with Crippen LogP contribution in [0.1, 0.15) is 12.6 Å². The van der Waals surface area contributed by atoms with Crippen LogP contribution in [0.5, 0.6) is 0 Å². The average molecular weight is 278 g/mol. The smallest absolute Gasteiger partial charge is 0.167 e. The van der Waals surface area contributed by atoms with E-state index < -0.39 is 25.0 Å². The van der Waals surface area contributed by atoms with Crippen molar-refractivity contribution in [3.8, 4) is 0 Å². The van der Waals surface area contributed by atoms with Gasteiger partial charge in [0, 0.05) is 11.3 Å². The van der Waals surface area contributed by atoms with E-state index in [1.54, 1.807) is 4.57 Å². The molecule has 2 N–H and O–H groups in total. The van der Waals surface area contributed by atoms with Crippen molar-refractivity contribution < 1.29 is 9.13 Å². The van der Waals surface area contributed by atoms with Crippen LogP contribution in [-0.2, 0) is 4.74 Å². The van der Waals surface area contributed by atoms with Gasteiger partial charge in [-0.2, -0.15) is 0 Å². The van der Waals surface area contributed by atoms with E-state index in [0.717, 1.165) is 0 Å². The molecule has 0 saturated carbocycles. The van der Waals surface area contributed by atoms with Gasteiger partial charge in [-0.15, -0.1) is 0 Å². The summed E-state index contributed by atoms with van der Waals surface area (Å²) in [6.45, 7) is -0.718. The zero-order chi connectivity index (χ0) is 14.1. The van der Waals surface area contributed by atoms with Gasteiger partial charge in [-0.25, -0.2) is 19.3 Å². The fourth-order valence-electron chi connectivity index (χ4n) is 2.29. The van der Waals surface area contributed by atoms with Crippen molar-refractivity contribution in [1.82, 2.24) is 19.5 Å². The number of aromatic nitrogens is 4. The molecule has 1 fully saturated rings. The summed E-state index contributed by atoms with van der Waals surface area (Å²) in [5.41, 5.74) is 15.2. The number of nitrogens with zero attached hydrogens (tertiary/aromatic N) is 7. The number of nitrogens with two attached hydrogens (primary N) is 1. The molecule has 3 heterocycles. The number of rotatable bonds is 3. The molecule has 9 nitrogen and oxygen atoms in total. The van der Waals surface area contributed by atoms with Crippen molar-refractivity contribution in [2.24, 2.45) is 5.11 Å². The van der Waals surface area contributed by atoms with Gasteiger partial charge in [-0.05, 0) is 5.53 Å². The number of ether oxygens (including phenoxy) is 1. The third-order valence-corrected chi connectivity index (χ3v) is 3.25. The molecule has 3 rings (SSSR count). The van der Waals surface area contributed by atoms with Crippen LogP contribution in [0.2, 0.25) is 0 Å². The Morgan fingerprint density at radius 1 is 1.55 bits per heavy atom. The Morgan fingerprint density at radius 2 is 2.40 bits per heavy atom. The van der Waals surface area contributed by atoms with E-state index in [-0.39, 0.29) is 5.82 Å². The van der Waals surface area contributed by atoms with Gasteiger partial charge in [0.05, 0.1) is 18.5 Å². The molecule has 10 heteroatoms. The molecule has 1 aliphatic heterocycles. The lowest BCUT2D eigenvalue weighted by molar-refractivity contribution is -0.00847. The van der Waals surface area contributed by atoms with Crippen LogP contribution >= 0.6 is 0 Å². The fourth-order valence-corrected chi connectivity index (χ4v) is 2.29. The lowest BCUT2D eigenvalue weighted by Crippen LogP contribution is -2.20. The number of hydrogen-bond acceptors (Lipinski definition) is 6. The third kappa shape index (κ3) is 1.91. The summed E-state index contributed by atoms with van der Waals surface area (Å²) in [7, 11) is 0. The molecule has 20 heavy (non-hydrogen) atoms. The topological polar surface area (TPSA) is 128 Å². The molecule has 0 bridgehead atoms. The molecule has 104 valence electrons. The summed E-state index contributed by atoms with van der Waals surface area (Å²) < 4.78 is 20.1. The Hall–Kier alpha value is -2.45. The normalized spacial score (nSPS) is 25.8. The molecule has 0 spiro atoms. The number of imidazole rings is 1. The lowest BCUT2D eigenvalue weighted by atomic mass is 10.1. The van der Waals surface area contributed by atoms with Gasteiger partial charge >= 0.3 is 0 Å². The van der Waals surface area contributed by atoms with Gasteiger partial charge in [0.1, 0.15) is 24.7 Å². The summed E-state index contributed by atoms with van der Waals surface area (Å²) in [5.74, 6) is 0.264. The summed E-state index contributed by atoms with van der Waals surface area (Å²) in [5, 5.41) is 3.56. The molecule has 1 saturated heterocycles. The number of alkyl halides is 1. The first kappa shape index (κ1) is 12.6. The minimum Gasteiger partial charge on any atom is -0.382 e. The number of halogens is 1. The van der Waals surface area contributed by atoms with Crippen molar-refractivity contribution in [3.63, 3.8) is 0 Å². The second-order valence-electron chi connectivity index (χ2n) is 4.37. The number of fused-ring (bicyclic) bond motifs is 1. The van der Waals surface area contributed by atoms with Gasteiger partial charge in [-0.3, -0.25) is 4.57 Å². The SMILES string of the molecule is [N-]=[N+]=N[C@H]1C[C@H](n2cnc3c(N)ncnc32)O[C@@H]1CF. The van der Waals surface area contributed by atoms with E-state index >= 15 is 0 Å². The number of azide groups is 1. The van der Waals surface area contributed by atoms with Gasteiger partial charge < -0.3 is 10.5 Å². The molecular weight excluding hydrogens is 267 g/mol. The first-order valence-electron chi connectivity index (χ1n) is 5.93. The molecular formula is C10H11FN8O. The molecule has 3 atom stereocenters. The van der Waals surface area contributed by atoms with E-state index in [1.807, 2.05) is 0 Å². The van der Waals surface area contributed by atoms with E-state index in [1.165, 1.54) is 12.7 Å². The summed E-state index contributed by atoms with van der Waals surface area (Å²) in [4.78, 5) is 14.8. The monoisotopic (exact) mass is 278 g/mol. The van der Waals surface area contributed by atoms with Crippen LogP contribution in [0.15, 0.2) is 17.8 Å². The maximum atomic E-state index is 12.9. The second-order valence-corrected chi connectivity index (χ2v) is 4.37. The Balaban J connectivity index is 1.96. The average Bonchev–Trinajstić information content (AvgIpc) is 3.03. The van der Waals surface area contributed by atoms with Gasteiger partial charge in [0.15, 0.2) is 11.5 Å². The standard InChI is InChI=1S/C10H11FN8O/c11-2-6-5(17-18-13)1-7(20-6)19-4-16-8-9(12)14-3-15-10(8)19/h3-7H,1-2H2,(H2,12,14,15)/t5-,6+,7+/m0/s1. The third-order valence-electron chi connectivity index (χ3n) is 3.25. The van der Waals surface area contributed by atoms with Crippen LogP contribution in [0, 0.1) is 0 Å². The van der Waals surface area contributed by atoms with Crippen molar-refractivity contribution >= 4 is 17.0 Å². The Bertz CT molecular complexity index is 681. The predicted molar refractivity (Wildman–Crippen MR) is 67.2 cm³/mol. The van der Waals surface area contributed by atoms with Crippen LogP contribution in [0.4, 0.5) is 10.2 Å². The highest BCUT2D eigenvalue weighted by Gasteiger charge is 2.36. The predicted octanol–water partition coefficient (Wildman–Crippen LogP) is 1.34. The summed E-state index contributed by atoms with van der Waals surface area (Å²) in [6.07, 6.45) is 1.93. The number of nitrogen functional groups attached to an aromatic ring is 1. The van der Waals surface area contributed by atoms with Crippen LogP contribution in [0.25, 0.3) is 21.6 Å². The highest BCUT2D eigenvalue weighted by Crippen LogP contribution is 2.33. The Morgan fingerprint density at radius 3 is 3.15 bits per heavy atom. The van der Waals surface area contributed by atoms with E-state index in [0.29, 0.717) is 17.6 Å². The maximum absolute atomic E-state index is 12.9. The van der Waals surface area contributed by atoms with Crippen molar-refractivity contribution in [1.29, 1.82) is 0 Å². The quantitative estimate of drug-likeness (QED) is 0.514. The van der Waals surface area contributed by atoms with Crippen molar-refractivity contribution in [2.45, 2.75) is 24.8 Å². The molecule has 0 aromatic carbocycles. The zero-order valence-electron chi connectivity index (χ0n) is 10.3. The highest BCUT2D eigenvalue weighted by molar-refractivity contribution is 5.81. The van der Waals surface area contributed by atoms with Gasteiger partial charge in [-0.1, -0.05) is 5.11 Å². The van der Waals surface area contributed by atoms with E-state index in [4.69, 9.17) is 16.0 Å². The second kappa shape index (κ2) is 4.91. The summed E-state index contributed by atoms with van der Waals surface area (Å²) >= 11 is 0. The Labute approximate surface area is 112 Å². The lowest BCUT2D eigenvalue weighted by Gasteiger charge is -2.13. The van der Waals surface area contributed by atoms with Crippen LogP contribution < -0.4 is 5.73 Å². The van der Waals surface area contributed by atoms with Gasteiger partial charge in [0.25, 0.3) is 0 Å². The number of hydrogen-bond donors (Lipinski definition) is 1. The molecule has 1 aliphatic rings. The zero-order valence-corrected chi connectivity index (χ0v) is 10.3. The van der Waals surface area contributed by atoms with Crippen molar-refractivity contribution in [3.05, 3.63) is 23.1 Å². The minimum absolute atomic E-state index is 0.264. The summed E-state index contributed by atoms with van der Waals surface area (Å²) in [6, 6.07) is -0.549. The molecule has 0 amide bonds. The highest BCUT2D eigenvalue weighted by atomic mass is 19.1. The van der Waals surface area contributed by atoms with Gasteiger partial charge in [0.2, 0.25) is 0 Å². The van der Waals surface area contributed by atoms with E-state index in [9.17, 15) is 4.39 Å².